The Morgan fingerprint density at radius 2 is 1.75 bits per heavy atom. The van der Waals surface area contributed by atoms with Gasteiger partial charge in [-0.25, -0.2) is 8.78 Å². The maximum atomic E-state index is 13.8. The average molecular weight is 384 g/mol. The maximum absolute atomic E-state index is 13.8. The first-order chi connectivity index (χ1) is 10.4. The molecule has 0 saturated carbocycles. The maximum Gasteiger partial charge on any atom is 0.239 e. The normalized spacial score (nSPS) is 15.6. The van der Waals surface area contributed by atoms with E-state index in [1.807, 2.05) is 13.8 Å². The van der Waals surface area contributed by atoms with Gasteiger partial charge in [-0.05, 0) is 24.5 Å². The van der Waals surface area contributed by atoms with Crippen LogP contribution >= 0.6 is 24.8 Å². The summed E-state index contributed by atoms with van der Waals surface area (Å²) in [5.41, 5.74) is 6.17. The summed E-state index contributed by atoms with van der Waals surface area (Å²) in [6, 6.07) is 2.93. The molecule has 1 atom stereocenters. The van der Waals surface area contributed by atoms with E-state index in [0.29, 0.717) is 38.5 Å². The third kappa shape index (κ3) is 5.76. The molecule has 1 aliphatic rings. The number of hydrogen-bond donors (Lipinski definition) is 1. The van der Waals surface area contributed by atoms with Gasteiger partial charge >= 0.3 is 0 Å². The largest absolute Gasteiger partial charge is 0.366 e. The zero-order valence-electron chi connectivity index (χ0n) is 13.9. The highest BCUT2D eigenvalue weighted by atomic mass is 35.5. The molecule has 2 N–H and O–H groups in total. The topological polar surface area (TPSA) is 49.6 Å². The fourth-order valence-corrected chi connectivity index (χ4v) is 2.74. The molecule has 0 spiro atoms. The van der Waals surface area contributed by atoms with Crippen molar-refractivity contribution in [3.63, 3.8) is 0 Å². The summed E-state index contributed by atoms with van der Waals surface area (Å²) in [5, 5.41) is 0. The molecule has 1 aliphatic heterocycles. The van der Waals surface area contributed by atoms with Gasteiger partial charge in [-0.2, -0.15) is 0 Å². The molecular formula is C16H25Cl2F2N3O. The number of anilines is 1. The highest BCUT2D eigenvalue weighted by molar-refractivity contribution is 5.85. The van der Waals surface area contributed by atoms with Crippen LogP contribution in [0.1, 0.15) is 20.3 Å². The van der Waals surface area contributed by atoms with Crippen molar-refractivity contribution >= 4 is 36.4 Å². The van der Waals surface area contributed by atoms with E-state index in [1.54, 1.807) is 9.80 Å². The summed E-state index contributed by atoms with van der Waals surface area (Å²) in [6.07, 6.45) is 0.650. The van der Waals surface area contributed by atoms with Gasteiger partial charge in [0.1, 0.15) is 11.6 Å². The van der Waals surface area contributed by atoms with E-state index < -0.39 is 17.7 Å². The molecule has 2 rings (SSSR count). The van der Waals surface area contributed by atoms with Gasteiger partial charge in [-0.1, -0.05) is 13.8 Å². The number of halogens is 4. The van der Waals surface area contributed by atoms with E-state index in [-0.39, 0.29) is 36.4 Å². The Labute approximate surface area is 154 Å². The van der Waals surface area contributed by atoms with Crippen LogP contribution in [0.15, 0.2) is 18.2 Å². The Morgan fingerprint density at radius 1 is 1.17 bits per heavy atom. The Balaban J connectivity index is 0.00000264. The second kappa shape index (κ2) is 10.0. The Kier molecular flexibility index (Phi) is 9.55. The summed E-state index contributed by atoms with van der Waals surface area (Å²) >= 11 is 0. The second-order valence-corrected chi connectivity index (χ2v) is 6.14. The van der Waals surface area contributed by atoms with Crippen molar-refractivity contribution < 1.29 is 13.6 Å². The van der Waals surface area contributed by atoms with Crippen LogP contribution in [0.3, 0.4) is 0 Å². The SMILES string of the molecule is CC(C)C[C@H](N)C(=O)N1CCN(c2cc(F)ccc2F)CC1.Cl.Cl. The molecule has 1 saturated heterocycles. The lowest BCUT2D eigenvalue weighted by Gasteiger charge is -2.37. The van der Waals surface area contributed by atoms with Crippen molar-refractivity contribution in [1.82, 2.24) is 4.90 Å². The molecule has 1 aromatic carbocycles. The van der Waals surface area contributed by atoms with Crippen molar-refractivity contribution in [3.8, 4) is 0 Å². The molecule has 0 bridgehead atoms. The minimum atomic E-state index is -0.488. The van der Waals surface area contributed by atoms with E-state index in [2.05, 4.69) is 0 Å². The van der Waals surface area contributed by atoms with Crippen molar-refractivity contribution in [2.24, 2.45) is 11.7 Å². The van der Waals surface area contributed by atoms with Crippen LogP contribution in [0, 0.1) is 17.6 Å². The number of carbonyl (C=O) groups excluding carboxylic acids is 1. The highest BCUT2D eigenvalue weighted by Crippen LogP contribution is 2.22. The van der Waals surface area contributed by atoms with Crippen molar-refractivity contribution in [2.45, 2.75) is 26.3 Å². The fraction of sp³-hybridized carbons (Fsp3) is 0.562. The van der Waals surface area contributed by atoms with Gasteiger partial charge in [0.25, 0.3) is 0 Å². The number of rotatable bonds is 4. The van der Waals surface area contributed by atoms with E-state index in [9.17, 15) is 13.6 Å². The first-order valence-corrected chi connectivity index (χ1v) is 7.63. The third-order valence-electron chi connectivity index (χ3n) is 3.88. The summed E-state index contributed by atoms with van der Waals surface area (Å²) in [7, 11) is 0. The Bertz CT molecular complexity index is 538. The fourth-order valence-electron chi connectivity index (χ4n) is 2.74. The van der Waals surface area contributed by atoms with Crippen molar-refractivity contribution in [1.29, 1.82) is 0 Å². The number of carbonyl (C=O) groups is 1. The molecule has 1 amide bonds. The van der Waals surface area contributed by atoms with Gasteiger partial charge in [0, 0.05) is 32.2 Å². The molecule has 24 heavy (non-hydrogen) atoms. The van der Waals surface area contributed by atoms with Crippen LogP contribution in [0.25, 0.3) is 0 Å². The molecule has 1 heterocycles. The number of nitrogens with two attached hydrogens (primary N) is 1. The van der Waals surface area contributed by atoms with E-state index >= 15 is 0 Å². The second-order valence-electron chi connectivity index (χ2n) is 6.14. The van der Waals surface area contributed by atoms with Crippen molar-refractivity contribution in [2.75, 3.05) is 31.1 Å². The van der Waals surface area contributed by atoms with Gasteiger partial charge in [-0.3, -0.25) is 4.79 Å². The van der Waals surface area contributed by atoms with Crippen LogP contribution in [-0.2, 0) is 4.79 Å². The standard InChI is InChI=1S/C16H23F2N3O.2ClH/c1-11(2)9-14(19)16(22)21-7-5-20(6-8-21)15-10-12(17)3-4-13(15)18;;/h3-4,10-11,14H,5-9,19H2,1-2H3;2*1H/t14-;;/m0../s1. The third-order valence-corrected chi connectivity index (χ3v) is 3.88. The molecule has 4 nitrogen and oxygen atoms in total. The van der Waals surface area contributed by atoms with Gasteiger partial charge in [0.05, 0.1) is 11.7 Å². The van der Waals surface area contributed by atoms with Crippen LogP contribution in [0.2, 0.25) is 0 Å². The molecule has 8 heteroatoms. The summed E-state index contributed by atoms with van der Waals surface area (Å²) in [4.78, 5) is 15.7. The first kappa shape index (κ1) is 22.9. The Morgan fingerprint density at radius 3 is 2.29 bits per heavy atom. The van der Waals surface area contributed by atoms with E-state index in [0.717, 1.165) is 12.1 Å². The van der Waals surface area contributed by atoms with Crippen LogP contribution < -0.4 is 10.6 Å². The van der Waals surface area contributed by atoms with Gasteiger partial charge in [-0.15, -0.1) is 24.8 Å². The zero-order valence-corrected chi connectivity index (χ0v) is 15.5. The minimum Gasteiger partial charge on any atom is -0.366 e. The number of hydrogen-bond acceptors (Lipinski definition) is 3. The summed E-state index contributed by atoms with van der Waals surface area (Å²) < 4.78 is 27.0. The Hall–Kier alpha value is -1.11. The van der Waals surface area contributed by atoms with E-state index in [1.165, 1.54) is 6.07 Å². The highest BCUT2D eigenvalue weighted by Gasteiger charge is 2.26. The summed E-state index contributed by atoms with van der Waals surface area (Å²) in [5.74, 6) is -0.610. The lowest BCUT2D eigenvalue weighted by molar-refractivity contribution is -0.133. The lowest BCUT2D eigenvalue weighted by atomic mass is 10.0. The minimum absolute atomic E-state index is 0. The number of benzene rings is 1. The molecule has 0 aromatic heterocycles. The van der Waals surface area contributed by atoms with Gasteiger partial charge in [0.15, 0.2) is 0 Å². The molecule has 0 unspecified atom stereocenters. The molecular weight excluding hydrogens is 359 g/mol. The predicted molar refractivity (Wildman–Crippen MR) is 97.1 cm³/mol. The van der Waals surface area contributed by atoms with Crippen LogP contribution in [0.4, 0.5) is 14.5 Å². The van der Waals surface area contributed by atoms with Gasteiger partial charge in [0.2, 0.25) is 5.91 Å². The smallest absolute Gasteiger partial charge is 0.239 e. The molecule has 138 valence electrons. The van der Waals surface area contributed by atoms with Crippen molar-refractivity contribution in [3.05, 3.63) is 29.8 Å². The monoisotopic (exact) mass is 383 g/mol. The molecule has 1 aromatic rings. The number of nitrogens with zero attached hydrogens (tertiary/aromatic N) is 2. The summed E-state index contributed by atoms with van der Waals surface area (Å²) in [6.45, 7) is 5.94. The molecule has 1 fully saturated rings. The number of piperazine rings is 1. The molecule has 0 aliphatic carbocycles. The average Bonchev–Trinajstić information content (AvgIpc) is 2.48. The van der Waals surface area contributed by atoms with Gasteiger partial charge < -0.3 is 15.5 Å². The number of amides is 1. The zero-order chi connectivity index (χ0) is 16.3. The predicted octanol–water partition coefficient (Wildman–Crippen LogP) is 2.83. The quantitative estimate of drug-likeness (QED) is 0.869. The first-order valence-electron chi connectivity index (χ1n) is 7.63. The van der Waals surface area contributed by atoms with Crippen LogP contribution in [0.5, 0.6) is 0 Å². The van der Waals surface area contributed by atoms with Crippen LogP contribution in [-0.4, -0.2) is 43.0 Å². The molecule has 0 radical (unpaired) electrons. The van der Waals surface area contributed by atoms with E-state index in [4.69, 9.17) is 5.73 Å². The lowest BCUT2D eigenvalue weighted by Crippen LogP contribution is -2.53.